The third kappa shape index (κ3) is 3.55. The Labute approximate surface area is 101 Å². The average molecular weight is 247 g/mol. The molecule has 0 aliphatic carbocycles. The number of amides is 1. The van der Waals surface area contributed by atoms with Crippen LogP contribution in [0.3, 0.4) is 0 Å². The molecule has 6 nitrogen and oxygen atoms in total. The summed E-state index contributed by atoms with van der Waals surface area (Å²) in [5.41, 5.74) is 0. The zero-order chi connectivity index (χ0) is 12.8. The van der Waals surface area contributed by atoms with Crippen LogP contribution in [0.1, 0.15) is 13.3 Å². The van der Waals surface area contributed by atoms with Gasteiger partial charge >= 0.3 is 6.09 Å². The van der Waals surface area contributed by atoms with Crippen LogP contribution in [0, 0.1) is 5.92 Å². The number of aliphatic hydroxyl groups excluding tert-OH is 1. The van der Waals surface area contributed by atoms with E-state index >= 15 is 0 Å². The van der Waals surface area contributed by atoms with Crippen LogP contribution < -0.4 is 0 Å². The minimum Gasteiger partial charge on any atom is -0.465 e. The summed E-state index contributed by atoms with van der Waals surface area (Å²) in [6.07, 6.45) is -0.352. The SMILES string of the molecule is COCCCO[C@H]1CN(C(=O)O)[C@@H](CO)[C@@H]1C. The first-order chi connectivity index (χ1) is 8.11. The monoisotopic (exact) mass is 247 g/mol. The van der Waals surface area contributed by atoms with Gasteiger partial charge in [0.1, 0.15) is 0 Å². The molecule has 0 bridgehead atoms. The van der Waals surface area contributed by atoms with Crippen molar-refractivity contribution in [2.75, 3.05) is 33.5 Å². The predicted molar refractivity (Wildman–Crippen MR) is 61.0 cm³/mol. The maximum atomic E-state index is 11.0. The normalized spacial score (nSPS) is 28.6. The second kappa shape index (κ2) is 6.78. The van der Waals surface area contributed by atoms with E-state index in [0.717, 1.165) is 6.42 Å². The quantitative estimate of drug-likeness (QED) is 0.664. The van der Waals surface area contributed by atoms with Crippen molar-refractivity contribution in [2.45, 2.75) is 25.5 Å². The van der Waals surface area contributed by atoms with Gasteiger partial charge in [-0.3, -0.25) is 0 Å². The molecule has 6 heteroatoms. The molecule has 100 valence electrons. The van der Waals surface area contributed by atoms with Gasteiger partial charge in [0.2, 0.25) is 0 Å². The van der Waals surface area contributed by atoms with Gasteiger partial charge in [-0.05, 0) is 6.42 Å². The van der Waals surface area contributed by atoms with Gasteiger partial charge in [-0.25, -0.2) is 4.79 Å². The topological polar surface area (TPSA) is 79.2 Å². The molecule has 1 fully saturated rings. The summed E-state index contributed by atoms with van der Waals surface area (Å²) < 4.78 is 10.5. The highest BCUT2D eigenvalue weighted by atomic mass is 16.5. The summed E-state index contributed by atoms with van der Waals surface area (Å²) in [6.45, 7) is 3.26. The molecule has 0 unspecified atom stereocenters. The van der Waals surface area contributed by atoms with Crippen molar-refractivity contribution >= 4 is 6.09 Å². The lowest BCUT2D eigenvalue weighted by Gasteiger charge is -2.21. The molecular formula is C11H21NO5. The lowest BCUT2D eigenvalue weighted by Crippen LogP contribution is -2.38. The summed E-state index contributed by atoms with van der Waals surface area (Å²) in [5, 5.41) is 18.2. The first-order valence-corrected chi connectivity index (χ1v) is 5.82. The Bertz CT molecular complexity index is 248. The molecule has 1 aliphatic rings. The molecule has 2 N–H and O–H groups in total. The lowest BCUT2D eigenvalue weighted by molar-refractivity contribution is 0.0235. The van der Waals surface area contributed by atoms with Gasteiger partial charge in [0.05, 0.1) is 25.3 Å². The minimum absolute atomic E-state index is 0.0126. The van der Waals surface area contributed by atoms with E-state index in [2.05, 4.69) is 0 Å². The third-order valence-electron chi connectivity index (χ3n) is 3.23. The summed E-state index contributed by atoms with van der Waals surface area (Å²) in [4.78, 5) is 12.2. The van der Waals surface area contributed by atoms with Gasteiger partial charge in [-0.15, -0.1) is 0 Å². The van der Waals surface area contributed by atoms with E-state index in [1.807, 2.05) is 6.92 Å². The van der Waals surface area contributed by atoms with E-state index in [9.17, 15) is 9.90 Å². The highest BCUT2D eigenvalue weighted by Crippen LogP contribution is 2.26. The van der Waals surface area contributed by atoms with Crippen LogP contribution in [0.2, 0.25) is 0 Å². The van der Waals surface area contributed by atoms with E-state index in [0.29, 0.717) is 19.8 Å². The Balaban J connectivity index is 2.44. The van der Waals surface area contributed by atoms with Crippen LogP contribution in [0.4, 0.5) is 4.79 Å². The Morgan fingerprint density at radius 3 is 2.65 bits per heavy atom. The zero-order valence-electron chi connectivity index (χ0n) is 10.3. The van der Waals surface area contributed by atoms with Crippen molar-refractivity contribution < 1.29 is 24.5 Å². The molecule has 1 aliphatic heterocycles. The number of carboxylic acid groups (broad SMARTS) is 1. The fourth-order valence-electron chi connectivity index (χ4n) is 2.15. The zero-order valence-corrected chi connectivity index (χ0v) is 10.3. The van der Waals surface area contributed by atoms with Crippen LogP contribution in [-0.4, -0.2) is 66.8 Å². The molecule has 17 heavy (non-hydrogen) atoms. The fraction of sp³-hybridized carbons (Fsp3) is 0.909. The molecule has 1 heterocycles. The van der Waals surface area contributed by atoms with Crippen LogP contribution in [0.25, 0.3) is 0 Å². The standard InChI is InChI=1S/C11H21NO5/c1-8-9(7-13)12(11(14)15)6-10(8)17-5-3-4-16-2/h8-10,13H,3-7H2,1-2H3,(H,14,15)/t8-,9-,10-/m0/s1. The highest BCUT2D eigenvalue weighted by Gasteiger charge is 2.41. The van der Waals surface area contributed by atoms with Crippen molar-refractivity contribution in [1.82, 2.24) is 4.90 Å². The summed E-state index contributed by atoms with van der Waals surface area (Å²) in [5.74, 6) is 0.0126. The van der Waals surface area contributed by atoms with Crippen LogP contribution >= 0.6 is 0 Å². The number of ether oxygens (including phenoxy) is 2. The molecule has 0 aromatic heterocycles. The summed E-state index contributed by atoms with van der Waals surface area (Å²) in [6, 6.07) is -0.361. The van der Waals surface area contributed by atoms with Gasteiger partial charge in [-0.2, -0.15) is 0 Å². The largest absolute Gasteiger partial charge is 0.465 e. The van der Waals surface area contributed by atoms with Crippen molar-refractivity contribution in [2.24, 2.45) is 5.92 Å². The summed E-state index contributed by atoms with van der Waals surface area (Å²) in [7, 11) is 1.63. The van der Waals surface area contributed by atoms with E-state index in [-0.39, 0.29) is 24.7 Å². The van der Waals surface area contributed by atoms with Crippen LogP contribution in [0.15, 0.2) is 0 Å². The Morgan fingerprint density at radius 2 is 2.18 bits per heavy atom. The maximum absolute atomic E-state index is 11.0. The maximum Gasteiger partial charge on any atom is 0.407 e. The lowest BCUT2D eigenvalue weighted by atomic mass is 10.0. The third-order valence-corrected chi connectivity index (χ3v) is 3.23. The van der Waals surface area contributed by atoms with E-state index in [4.69, 9.17) is 14.6 Å². The molecule has 0 spiro atoms. The first-order valence-electron chi connectivity index (χ1n) is 5.82. The molecule has 0 aromatic rings. The molecule has 1 amide bonds. The van der Waals surface area contributed by atoms with Crippen LogP contribution in [-0.2, 0) is 9.47 Å². The molecular weight excluding hydrogens is 226 g/mol. The van der Waals surface area contributed by atoms with Crippen molar-refractivity contribution in [3.8, 4) is 0 Å². The molecule has 0 saturated carbocycles. The van der Waals surface area contributed by atoms with Crippen molar-refractivity contribution in [1.29, 1.82) is 0 Å². The molecule has 0 radical (unpaired) electrons. The van der Waals surface area contributed by atoms with Gasteiger partial charge in [0.15, 0.2) is 0 Å². The molecule has 1 saturated heterocycles. The number of likely N-dealkylation sites (tertiary alicyclic amines) is 1. The van der Waals surface area contributed by atoms with Gasteiger partial charge in [0.25, 0.3) is 0 Å². The molecule has 1 rings (SSSR count). The second-order valence-electron chi connectivity index (χ2n) is 4.30. The Hall–Kier alpha value is -0.850. The summed E-state index contributed by atoms with van der Waals surface area (Å²) >= 11 is 0. The minimum atomic E-state index is -1.00. The van der Waals surface area contributed by atoms with Gasteiger partial charge in [-0.1, -0.05) is 6.92 Å². The Kier molecular flexibility index (Phi) is 5.67. The number of carbonyl (C=O) groups is 1. The number of nitrogens with zero attached hydrogens (tertiary/aromatic N) is 1. The molecule has 0 aromatic carbocycles. The van der Waals surface area contributed by atoms with Crippen molar-refractivity contribution in [3.05, 3.63) is 0 Å². The van der Waals surface area contributed by atoms with Crippen molar-refractivity contribution in [3.63, 3.8) is 0 Å². The number of hydrogen-bond acceptors (Lipinski definition) is 4. The van der Waals surface area contributed by atoms with E-state index in [1.54, 1.807) is 7.11 Å². The number of aliphatic hydroxyl groups is 1. The van der Waals surface area contributed by atoms with Gasteiger partial charge in [0, 0.05) is 26.2 Å². The predicted octanol–water partition coefficient (Wildman–Crippen LogP) is 0.399. The Morgan fingerprint density at radius 1 is 1.47 bits per heavy atom. The van der Waals surface area contributed by atoms with E-state index in [1.165, 1.54) is 4.90 Å². The highest BCUT2D eigenvalue weighted by molar-refractivity contribution is 5.66. The number of hydrogen-bond donors (Lipinski definition) is 2. The molecule has 3 atom stereocenters. The smallest absolute Gasteiger partial charge is 0.407 e. The number of methoxy groups -OCH3 is 1. The average Bonchev–Trinajstić information content (AvgIpc) is 2.62. The first kappa shape index (κ1) is 14.2. The number of rotatable bonds is 6. The van der Waals surface area contributed by atoms with Crippen LogP contribution in [0.5, 0.6) is 0 Å². The second-order valence-corrected chi connectivity index (χ2v) is 4.30. The van der Waals surface area contributed by atoms with E-state index < -0.39 is 6.09 Å². The van der Waals surface area contributed by atoms with Gasteiger partial charge < -0.3 is 24.6 Å². The fourth-order valence-corrected chi connectivity index (χ4v) is 2.15.